The van der Waals surface area contributed by atoms with E-state index >= 15 is 0 Å². The van der Waals surface area contributed by atoms with Crippen LogP contribution < -0.4 is 0 Å². The minimum atomic E-state index is -0.953. The molecule has 3 aliphatic rings. The van der Waals surface area contributed by atoms with Gasteiger partial charge >= 0.3 is 5.97 Å². The summed E-state index contributed by atoms with van der Waals surface area (Å²) in [4.78, 5) is 10.9. The number of rotatable bonds is 1. The molecule has 2 aliphatic heterocycles. The third kappa shape index (κ3) is 1.37. The van der Waals surface area contributed by atoms with Crippen LogP contribution in [0.15, 0.2) is 0 Å². The molecular weight excluding hydrogens is 204 g/mol. The summed E-state index contributed by atoms with van der Waals surface area (Å²) in [5, 5.41) is 19.2. The van der Waals surface area contributed by atoms with E-state index in [1.54, 1.807) is 0 Å². The zero-order valence-corrected chi connectivity index (χ0v) is 8.07. The van der Waals surface area contributed by atoms with Gasteiger partial charge in [-0.1, -0.05) is 0 Å². The van der Waals surface area contributed by atoms with Crippen LogP contribution in [0.3, 0.4) is 0 Å². The Labute approximate surface area is 85.7 Å². The first-order valence-electron chi connectivity index (χ1n) is 4.94. The van der Waals surface area contributed by atoms with Crippen molar-refractivity contribution in [3.05, 3.63) is 0 Å². The van der Waals surface area contributed by atoms with Gasteiger partial charge in [0.2, 0.25) is 0 Å². The van der Waals surface area contributed by atoms with Gasteiger partial charge in [-0.3, -0.25) is 4.79 Å². The van der Waals surface area contributed by atoms with Crippen molar-refractivity contribution in [1.82, 2.24) is 0 Å². The number of aliphatic hydroxyl groups excluding tert-OH is 2. The molecule has 1 unspecified atom stereocenters. The van der Waals surface area contributed by atoms with E-state index < -0.39 is 36.5 Å². The predicted molar refractivity (Wildman–Crippen MR) is 44.9 cm³/mol. The molecule has 0 aromatic rings. The highest BCUT2D eigenvalue weighted by atomic mass is 16.7. The molecule has 0 aromatic carbocycles. The molecule has 0 aromatic heterocycles. The number of epoxide rings is 2. The van der Waals surface area contributed by atoms with E-state index in [2.05, 4.69) is 0 Å². The standard InChI is InChI=1S/C9H12O6/c1-2(10)13-9-7-5(14-7)3(11)4(12)6-8(9)15-6/h3-9,11-12H,1H3/t3-,4+,5+,6-,7+,8-,9?. The van der Waals surface area contributed by atoms with Crippen LogP contribution >= 0.6 is 0 Å². The number of hydrogen-bond donors (Lipinski definition) is 2. The average molecular weight is 216 g/mol. The Bertz CT molecular complexity index is 283. The van der Waals surface area contributed by atoms with E-state index in [1.807, 2.05) is 0 Å². The second-order valence-corrected chi connectivity index (χ2v) is 4.19. The van der Waals surface area contributed by atoms with Crippen LogP contribution in [0, 0.1) is 0 Å². The lowest BCUT2D eigenvalue weighted by atomic mass is 10.1. The van der Waals surface area contributed by atoms with Gasteiger partial charge < -0.3 is 24.4 Å². The molecule has 15 heavy (non-hydrogen) atoms. The molecule has 7 atom stereocenters. The summed E-state index contributed by atoms with van der Waals surface area (Å²) in [6.07, 6.45) is -3.94. The Kier molecular flexibility index (Phi) is 1.85. The quantitative estimate of drug-likeness (QED) is 0.396. The first kappa shape index (κ1) is 9.53. The summed E-state index contributed by atoms with van der Waals surface area (Å²) in [5.41, 5.74) is 0. The second kappa shape index (κ2) is 2.91. The fraction of sp³-hybridized carbons (Fsp3) is 0.889. The molecule has 2 N–H and O–H groups in total. The minimum Gasteiger partial charge on any atom is -0.457 e. The van der Waals surface area contributed by atoms with E-state index in [4.69, 9.17) is 14.2 Å². The Morgan fingerprint density at radius 2 is 1.53 bits per heavy atom. The van der Waals surface area contributed by atoms with E-state index in [1.165, 1.54) is 6.92 Å². The SMILES string of the molecule is CC(=O)OC1[C@H]2O[C@H]2[C@H](O)[C@H](O)[C@H]2O[C@@H]12. The van der Waals surface area contributed by atoms with Crippen molar-refractivity contribution in [1.29, 1.82) is 0 Å². The van der Waals surface area contributed by atoms with Crippen molar-refractivity contribution in [2.24, 2.45) is 0 Å². The Morgan fingerprint density at radius 3 is 1.93 bits per heavy atom. The number of carbonyl (C=O) groups excluding carboxylic acids is 1. The van der Waals surface area contributed by atoms with E-state index in [9.17, 15) is 15.0 Å². The van der Waals surface area contributed by atoms with Crippen LogP contribution in [0.5, 0.6) is 0 Å². The smallest absolute Gasteiger partial charge is 0.303 e. The zero-order chi connectivity index (χ0) is 10.7. The first-order chi connectivity index (χ1) is 7.09. The second-order valence-electron chi connectivity index (χ2n) is 4.19. The molecule has 0 amide bonds. The Morgan fingerprint density at radius 1 is 1.07 bits per heavy atom. The molecule has 3 rings (SSSR count). The summed E-state index contributed by atoms with van der Waals surface area (Å²) >= 11 is 0. The summed E-state index contributed by atoms with van der Waals surface area (Å²) in [6.45, 7) is 1.31. The number of aliphatic hydroxyl groups is 2. The van der Waals surface area contributed by atoms with Gasteiger partial charge in [0.1, 0.15) is 36.6 Å². The van der Waals surface area contributed by atoms with Crippen molar-refractivity contribution in [3.8, 4) is 0 Å². The van der Waals surface area contributed by atoms with Gasteiger partial charge in [0, 0.05) is 6.92 Å². The lowest BCUT2D eigenvalue weighted by Crippen LogP contribution is -2.35. The molecule has 0 spiro atoms. The van der Waals surface area contributed by atoms with Crippen molar-refractivity contribution in [2.75, 3.05) is 0 Å². The number of fused-ring (bicyclic) bond motifs is 2. The van der Waals surface area contributed by atoms with Crippen LogP contribution in [0.1, 0.15) is 6.92 Å². The molecular formula is C9H12O6. The molecule has 6 nitrogen and oxygen atoms in total. The summed E-state index contributed by atoms with van der Waals surface area (Å²) in [7, 11) is 0. The number of esters is 1. The summed E-state index contributed by atoms with van der Waals surface area (Å²) in [6, 6.07) is 0. The zero-order valence-electron chi connectivity index (χ0n) is 8.07. The topological polar surface area (TPSA) is 91.8 Å². The van der Waals surface area contributed by atoms with Gasteiger partial charge in [0.25, 0.3) is 0 Å². The van der Waals surface area contributed by atoms with E-state index in [0.29, 0.717) is 0 Å². The van der Waals surface area contributed by atoms with Crippen molar-refractivity contribution >= 4 is 5.97 Å². The number of ether oxygens (including phenoxy) is 3. The maximum atomic E-state index is 10.9. The first-order valence-corrected chi connectivity index (χ1v) is 4.94. The number of carbonyl (C=O) groups is 1. The average Bonchev–Trinajstić information content (AvgIpc) is 3.03. The van der Waals surface area contributed by atoms with E-state index in [0.717, 1.165) is 0 Å². The fourth-order valence-electron chi connectivity index (χ4n) is 2.25. The Balaban J connectivity index is 1.78. The summed E-state index contributed by atoms with van der Waals surface area (Å²) < 4.78 is 15.4. The van der Waals surface area contributed by atoms with Crippen molar-refractivity contribution in [2.45, 2.75) is 49.7 Å². The van der Waals surface area contributed by atoms with Gasteiger partial charge in [-0.05, 0) is 0 Å². The highest BCUT2D eigenvalue weighted by molar-refractivity contribution is 5.66. The monoisotopic (exact) mass is 216 g/mol. The minimum absolute atomic E-state index is 0.337. The Hall–Kier alpha value is -0.690. The van der Waals surface area contributed by atoms with Crippen LogP contribution in [-0.2, 0) is 19.0 Å². The third-order valence-corrected chi connectivity index (χ3v) is 3.10. The van der Waals surface area contributed by atoms with Crippen molar-refractivity contribution in [3.63, 3.8) is 0 Å². The molecule has 2 saturated heterocycles. The maximum Gasteiger partial charge on any atom is 0.303 e. The molecule has 6 heteroatoms. The van der Waals surface area contributed by atoms with Crippen LogP contribution in [0.4, 0.5) is 0 Å². The van der Waals surface area contributed by atoms with Crippen LogP contribution in [-0.4, -0.2) is 58.9 Å². The van der Waals surface area contributed by atoms with Crippen molar-refractivity contribution < 1.29 is 29.2 Å². The molecule has 0 radical (unpaired) electrons. The molecule has 0 bridgehead atoms. The molecule has 1 saturated carbocycles. The largest absolute Gasteiger partial charge is 0.457 e. The fourth-order valence-corrected chi connectivity index (χ4v) is 2.25. The molecule has 2 heterocycles. The predicted octanol–water partition coefficient (Wildman–Crippen LogP) is -1.81. The van der Waals surface area contributed by atoms with Gasteiger partial charge in [-0.25, -0.2) is 0 Å². The highest BCUT2D eigenvalue weighted by Crippen LogP contribution is 2.45. The van der Waals surface area contributed by atoms with Gasteiger partial charge in [0.15, 0.2) is 6.10 Å². The van der Waals surface area contributed by atoms with Gasteiger partial charge in [-0.15, -0.1) is 0 Å². The third-order valence-electron chi connectivity index (χ3n) is 3.10. The lowest BCUT2D eigenvalue weighted by molar-refractivity contribution is -0.148. The molecule has 1 aliphatic carbocycles. The van der Waals surface area contributed by atoms with E-state index in [-0.39, 0.29) is 12.2 Å². The lowest BCUT2D eigenvalue weighted by Gasteiger charge is -2.11. The highest BCUT2D eigenvalue weighted by Gasteiger charge is 2.67. The van der Waals surface area contributed by atoms with Crippen LogP contribution in [0.2, 0.25) is 0 Å². The van der Waals surface area contributed by atoms with Crippen LogP contribution in [0.25, 0.3) is 0 Å². The van der Waals surface area contributed by atoms with Gasteiger partial charge in [0.05, 0.1) is 0 Å². The van der Waals surface area contributed by atoms with Gasteiger partial charge in [-0.2, -0.15) is 0 Å². The normalized spacial score (nSPS) is 56.1. The summed E-state index contributed by atoms with van der Waals surface area (Å²) in [5.74, 6) is -0.408. The molecule has 3 fully saturated rings. The number of hydrogen-bond acceptors (Lipinski definition) is 6. The molecule has 84 valence electrons. The maximum absolute atomic E-state index is 10.9.